The first-order chi connectivity index (χ1) is 23.0. The highest BCUT2D eigenvalue weighted by atomic mass is 16.5. The van der Waals surface area contributed by atoms with Gasteiger partial charge in [0, 0.05) is 6.42 Å². The summed E-state index contributed by atoms with van der Waals surface area (Å²) < 4.78 is 5.50. The van der Waals surface area contributed by atoms with E-state index in [0.29, 0.717) is 5.56 Å². The molecule has 0 aliphatic heterocycles. The number of aliphatic hydroxyl groups excluding tert-OH is 1. The van der Waals surface area contributed by atoms with Crippen LogP contribution in [0.1, 0.15) is 41.3 Å². The van der Waals surface area contributed by atoms with Crippen LogP contribution in [0.2, 0.25) is 0 Å². The van der Waals surface area contributed by atoms with Crippen molar-refractivity contribution < 1.29 is 39.2 Å². The zero-order valence-electron chi connectivity index (χ0n) is 26.2. The number of hydrogen-bond donors (Lipinski definition) is 7. The number of rotatable bonds is 14. The monoisotopic (exact) mass is 654 g/mol. The van der Waals surface area contributed by atoms with Crippen LogP contribution in [0.15, 0.2) is 109 Å². The number of phenols is 2. The van der Waals surface area contributed by atoms with Crippen molar-refractivity contribution in [1.29, 1.82) is 0 Å². The molecule has 0 heterocycles. The van der Waals surface area contributed by atoms with Gasteiger partial charge in [0.15, 0.2) is 0 Å². The number of carbonyl (C=O) groups excluding carboxylic acids is 4. The lowest BCUT2D eigenvalue weighted by molar-refractivity contribution is -0.149. The molecule has 0 saturated heterocycles. The molecule has 4 aromatic rings. The van der Waals surface area contributed by atoms with Crippen molar-refractivity contribution in [3.8, 4) is 11.5 Å². The first-order valence-corrected chi connectivity index (χ1v) is 15.2. The number of hydrogen-bond acceptors (Lipinski definition) is 9. The van der Waals surface area contributed by atoms with Gasteiger partial charge in [-0.15, -0.1) is 0 Å². The van der Waals surface area contributed by atoms with Gasteiger partial charge in [-0.25, -0.2) is 4.79 Å². The normalized spacial score (nSPS) is 14.0. The van der Waals surface area contributed by atoms with Gasteiger partial charge in [-0.1, -0.05) is 84.9 Å². The fourth-order valence-corrected chi connectivity index (χ4v) is 4.81. The zero-order chi connectivity index (χ0) is 34.6. The van der Waals surface area contributed by atoms with E-state index in [2.05, 4.69) is 16.0 Å². The summed E-state index contributed by atoms with van der Waals surface area (Å²) in [5.74, 6) is -3.33. The molecule has 4 aromatic carbocycles. The molecule has 5 atom stereocenters. The lowest BCUT2D eigenvalue weighted by atomic mass is 10.0. The number of nitrogens with two attached hydrogens (primary N) is 1. The van der Waals surface area contributed by atoms with Crippen LogP contribution in [0, 0.1) is 0 Å². The summed E-state index contributed by atoms with van der Waals surface area (Å²) >= 11 is 0. The Hall–Kier alpha value is -5.72. The van der Waals surface area contributed by atoms with Gasteiger partial charge in [0.2, 0.25) is 17.7 Å². The number of esters is 1. The van der Waals surface area contributed by atoms with Crippen molar-refractivity contribution in [3.05, 3.63) is 131 Å². The maximum atomic E-state index is 13.7. The Kier molecular flexibility index (Phi) is 12.2. The Balaban J connectivity index is 1.53. The number of nitrogens with one attached hydrogen (secondary N) is 3. The van der Waals surface area contributed by atoms with Gasteiger partial charge in [0.05, 0.1) is 6.10 Å². The molecule has 12 nitrogen and oxygen atoms in total. The lowest BCUT2D eigenvalue weighted by Crippen LogP contribution is -2.58. The third-order valence-corrected chi connectivity index (χ3v) is 7.48. The predicted octanol–water partition coefficient (Wildman–Crippen LogP) is 2.29. The standard InChI is InChI=1S/C36H38N4O8/c1-22(41)31(34(45)38-29(20-23-8-4-2-5-9-23)36(47)48-21-24-10-6-3-7-11-24)39-35(46)32(26-14-18-28(43)19-15-26)40-33(44)30(37)25-12-16-27(42)17-13-25/h2-19,22,29-32,41-43H,20-21,37H2,1H3,(H,38,45)(H,39,46)(H,40,44)/t22-,29-,30-,31-,32+/m0/s1. The van der Waals surface area contributed by atoms with Crippen molar-refractivity contribution in [2.24, 2.45) is 5.73 Å². The van der Waals surface area contributed by atoms with Gasteiger partial charge in [0.25, 0.3) is 0 Å². The van der Waals surface area contributed by atoms with Gasteiger partial charge in [-0.3, -0.25) is 14.4 Å². The van der Waals surface area contributed by atoms with E-state index in [1.807, 2.05) is 12.1 Å². The van der Waals surface area contributed by atoms with Crippen LogP contribution < -0.4 is 21.7 Å². The molecule has 0 fully saturated rings. The van der Waals surface area contributed by atoms with Crippen molar-refractivity contribution in [2.45, 2.75) is 50.2 Å². The Labute approximate surface area is 277 Å². The molecule has 12 heteroatoms. The summed E-state index contributed by atoms with van der Waals surface area (Å²) in [5.41, 5.74) is 8.22. The van der Waals surface area contributed by atoms with Gasteiger partial charge in [-0.05, 0) is 53.4 Å². The Morgan fingerprint density at radius 2 is 1.19 bits per heavy atom. The van der Waals surface area contributed by atoms with Gasteiger partial charge in [0.1, 0.15) is 42.3 Å². The highest BCUT2D eigenvalue weighted by molar-refractivity contribution is 5.95. The molecule has 0 unspecified atom stereocenters. The molecule has 8 N–H and O–H groups in total. The van der Waals surface area contributed by atoms with Crippen LogP contribution in [-0.2, 0) is 36.9 Å². The minimum atomic E-state index is -1.56. The average Bonchev–Trinajstić information content (AvgIpc) is 3.09. The quantitative estimate of drug-likeness (QED) is 0.0997. The van der Waals surface area contributed by atoms with Crippen LogP contribution in [0.3, 0.4) is 0 Å². The highest BCUT2D eigenvalue weighted by Crippen LogP contribution is 2.21. The molecule has 0 aliphatic rings. The number of benzene rings is 4. The van der Waals surface area contributed by atoms with Crippen LogP contribution in [0.5, 0.6) is 11.5 Å². The summed E-state index contributed by atoms with van der Waals surface area (Å²) in [6.07, 6.45) is -1.36. The van der Waals surface area contributed by atoms with Crippen LogP contribution in [0.25, 0.3) is 0 Å². The topological polar surface area (TPSA) is 200 Å². The number of carbonyl (C=O) groups is 4. The fraction of sp³-hybridized carbons (Fsp3) is 0.222. The van der Waals surface area contributed by atoms with E-state index >= 15 is 0 Å². The number of phenolic OH excluding ortho intramolecular Hbond substituents is 2. The summed E-state index contributed by atoms with van der Waals surface area (Å²) in [6, 6.07) is 23.7. The van der Waals surface area contributed by atoms with Crippen LogP contribution in [-0.4, -0.2) is 57.2 Å². The molecule has 0 spiro atoms. The minimum Gasteiger partial charge on any atom is -0.508 e. The number of aromatic hydroxyl groups is 2. The van der Waals surface area contributed by atoms with Crippen molar-refractivity contribution in [2.75, 3.05) is 0 Å². The SMILES string of the molecule is C[C@H](O)[C@H](NC(=O)[C@H](NC(=O)[C@@H](N)c1ccc(O)cc1)c1ccc(O)cc1)C(=O)N[C@@H](Cc1ccccc1)C(=O)OCc1ccccc1. The molecule has 0 radical (unpaired) electrons. The van der Waals surface area contributed by atoms with Crippen LogP contribution >= 0.6 is 0 Å². The van der Waals surface area contributed by atoms with E-state index in [0.717, 1.165) is 11.1 Å². The summed E-state index contributed by atoms with van der Waals surface area (Å²) in [5, 5.41) is 37.6. The molecular formula is C36H38N4O8. The van der Waals surface area contributed by atoms with Gasteiger partial charge < -0.3 is 41.7 Å². The number of ether oxygens (including phenoxy) is 1. The molecule has 3 amide bonds. The summed E-state index contributed by atoms with van der Waals surface area (Å²) in [4.78, 5) is 53.7. The van der Waals surface area contributed by atoms with Gasteiger partial charge >= 0.3 is 5.97 Å². The van der Waals surface area contributed by atoms with Crippen molar-refractivity contribution in [3.63, 3.8) is 0 Å². The smallest absolute Gasteiger partial charge is 0.329 e. The van der Waals surface area contributed by atoms with Crippen molar-refractivity contribution >= 4 is 23.7 Å². The second-order valence-electron chi connectivity index (χ2n) is 11.2. The molecule has 48 heavy (non-hydrogen) atoms. The van der Waals surface area contributed by atoms with E-state index in [-0.39, 0.29) is 30.1 Å². The minimum absolute atomic E-state index is 0.0226. The van der Waals surface area contributed by atoms with Gasteiger partial charge in [-0.2, -0.15) is 0 Å². The number of amides is 3. The largest absolute Gasteiger partial charge is 0.508 e. The molecule has 0 aliphatic carbocycles. The summed E-state index contributed by atoms with van der Waals surface area (Å²) in [6.45, 7) is 1.26. The Morgan fingerprint density at radius 1 is 0.667 bits per heavy atom. The third kappa shape index (κ3) is 9.89. The predicted molar refractivity (Wildman–Crippen MR) is 176 cm³/mol. The first-order valence-electron chi connectivity index (χ1n) is 15.2. The third-order valence-electron chi connectivity index (χ3n) is 7.48. The van der Waals surface area contributed by atoms with E-state index in [1.165, 1.54) is 55.5 Å². The molecule has 0 saturated carbocycles. The van der Waals surface area contributed by atoms with E-state index < -0.39 is 54.0 Å². The second kappa shape index (κ2) is 16.7. The van der Waals surface area contributed by atoms with E-state index in [1.54, 1.807) is 48.5 Å². The Morgan fingerprint density at radius 3 is 1.73 bits per heavy atom. The summed E-state index contributed by atoms with van der Waals surface area (Å²) in [7, 11) is 0. The zero-order valence-corrected chi connectivity index (χ0v) is 26.2. The lowest BCUT2D eigenvalue weighted by Gasteiger charge is -2.27. The molecule has 0 aromatic heterocycles. The second-order valence-corrected chi connectivity index (χ2v) is 11.2. The molecule has 4 rings (SSSR count). The maximum absolute atomic E-state index is 13.7. The van der Waals surface area contributed by atoms with Crippen LogP contribution in [0.4, 0.5) is 0 Å². The Bertz CT molecular complexity index is 1670. The average molecular weight is 655 g/mol. The fourth-order valence-electron chi connectivity index (χ4n) is 4.81. The van der Waals surface area contributed by atoms with Crippen molar-refractivity contribution in [1.82, 2.24) is 16.0 Å². The van der Waals surface area contributed by atoms with E-state index in [4.69, 9.17) is 10.5 Å². The highest BCUT2D eigenvalue weighted by Gasteiger charge is 2.34. The molecule has 250 valence electrons. The molecular weight excluding hydrogens is 616 g/mol. The maximum Gasteiger partial charge on any atom is 0.329 e. The first kappa shape index (κ1) is 35.1. The molecule has 0 bridgehead atoms. The van der Waals surface area contributed by atoms with E-state index in [9.17, 15) is 34.5 Å². The number of aliphatic hydroxyl groups is 1.